The zero-order valence-corrected chi connectivity index (χ0v) is 13.3. The second-order valence-corrected chi connectivity index (χ2v) is 5.42. The summed E-state index contributed by atoms with van der Waals surface area (Å²) in [7, 11) is 2.06. The van der Waals surface area contributed by atoms with Gasteiger partial charge in [0.1, 0.15) is 0 Å². The van der Waals surface area contributed by atoms with Crippen molar-refractivity contribution in [2.24, 2.45) is 12.1 Å². The fraction of sp³-hybridized carbons (Fsp3) is 0.235. The highest BCUT2D eigenvalue weighted by molar-refractivity contribution is 6.01. The van der Waals surface area contributed by atoms with Crippen LogP contribution in [0.2, 0.25) is 0 Å². The van der Waals surface area contributed by atoms with Gasteiger partial charge in [0, 0.05) is 40.6 Å². The van der Waals surface area contributed by atoms with Crippen molar-refractivity contribution in [3.63, 3.8) is 0 Å². The number of hydrogen-bond acceptors (Lipinski definition) is 4. The Balaban J connectivity index is 1.91. The average Bonchev–Trinajstić information content (AvgIpc) is 2.72. The third-order valence-corrected chi connectivity index (χ3v) is 3.79. The lowest BCUT2D eigenvalue weighted by atomic mass is 10.1. The van der Waals surface area contributed by atoms with E-state index in [0.29, 0.717) is 5.95 Å². The number of anilines is 1. The van der Waals surface area contributed by atoms with Crippen molar-refractivity contribution in [3.8, 4) is 0 Å². The maximum Gasteiger partial charge on any atom is 0.243 e. The molecule has 0 amide bonds. The summed E-state index contributed by atoms with van der Waals surface area (Å²) in [4.78, 5) is 8.63. The van der Waals surface area contributed by atoms with Crippen molar-refractivity contribution in [1.29, 1.82) is 0 Å². The van der Waals surface area contributed by atoms with Crippen LogP contribution in [0.15, 0.2) is 35.4 Å². The third-order valence-electron chi connectivity index (χ3n) is 3.79. The van der Waals surface area contributed by atoms with Crippen molar-refractivity contribution in [1.82, 2.24) is 14.5 Å². The second-order valence-electron chi connectivity index (χ2n) is 5.42. The maximum absolute atomic E-state index is 4.31. The minimum atomic E-state index is 0.520. The molecule has 2 aromatic heterocycles. The Kier molecular flexibility index (Phi) is 3.63. The van der Waals surface area contributed by atoms with Crippen molar-refractivity contribution in [2.75, 3.05) is 5.43 Å². The summed E-state index contributed by atoms with van der Waals surface area (Å²) in [6.07, 6.45) is 1.83. The van der Waals surface area contributed by atoms with Gasteiger partial charge in [0.05, 0.1) is 6.21 Å². The molecule has 0 saturated heterocycles. The molecule has 0 fully saturated rings. The standard InChI is InChI=1S/C17H19N5/c1-11-9-12(2)20-17(19-11)21-18-10-15-13(3)22(4)16-8-6-5-7-14(15)16/h5-10H,1-4H3,(H,19,20,21)/b18-10-. The molecule has 0 aliphatic carbocycles. The smallest absolute Gasteiger partial charge is 0.243 e. The minimum absolute atomic E-state index is 0.520. The number of nitrogens with zero attached hydrogens (tertiary/aromatic N) is 4. The normalized spacial score (nSPS) is 11.5. The highest BCUT2D eigenvalue weighted by Gasteiger charge is 2.09. The monoisotopic (exact) mass is 293 g/mol. The first kappa shape index (κ1) is 14.3. The Morgan fingerprint density at radius 3 is 2.50 bits per heavy atom. The first-order valence-corrected chi connectivity index (χ1v) is 7.21. The molecule has 0 bridgehead atoms. The zero-order valence-electron chi connectivity index (χ0n) is 13.3. The van der Waals surface area contributed by atoms with Gasteiger partial charge in [0.15, 0.2) is 0 Å². The van der Waals surface area contributed by atoms with E-state index < -0.39 is 0 Å². The van der Waals surface area contributed by atoms with Crippen molar-refractivity contribution in [2.45, 2.75) is 20.8 Å². The van der Waals surface area contributed by atoms with E-state index in [1.807, 2.05) is 38.3 Å². The van der Waals surface area contributed by atoms with E-state index in [4.69, 9.17) is 0 Å². The van der Waals surface area contributed by atoms with Gasteiger partial charge in [0.25, 0.3) is 0 Å². The van der Waals surface area contributed by atoms with Gasteiger partial charge >= 0.3 is 0 Å². The van der Waals surface area contributed by atoms with Crippen LogP contribution in [0.5, 0.6) is 0 Å². The summed E-state index contributed by atoms with van der Waals surface area (Å²) in [5, 5.41) is 5.49. The van der Waals surface area contributed by atoms with Gasteiger partial charge < -0.3 is 4.57 Å². The van der Waals surface area contributed by atoms with Gasteiger partial charge in [-0.25, -0.2) is 15.4 Å². The molecule has 2 heterocycles. The highest BCUT2D eigenvalue weighted by atomic mass is 15.3. The van der Waals surface area contributed by atoms with Crippen LogP contribution in [0, 0.1) is 20.8 Å². The van der Waals surface area contributed by atoms with E-state index in [9.17, 15) is 0 Å². The molecule has 0 unspecified atom stereocenters. The highest BCUT2D eigenvalue weighted by Crippen LogP contribution is 2.23. The number of para-hydroxylation sites is 1. The lowest BCUT2D eigenvalue weighted by Gasteiger charge is -2.01. The third kappa shape index (κ3) is 2.57. The minimum Gasteiger partial charge on any atom is -0.347 e. The number of hydrazone groups is 1. The van der Waals surface area contributed by atoms with Gasteiger partial charge in [-0.3, -0.25) is 0 Å². The van der Waals surface area contributed by atoms with Crippen molar-refractivity contribution < 1.29 is 0 Å². The predicted octanol–water partition coefficient (Wildman–Crippen LogP) is 3.34. The second kappa shape index (κ2) is 5.60. The lowest BCUT2D eigenvalue weighted by Crippen LogP contribution is -2.00. The van der Waals surface area contributed by atoms with Crippen LogP contribution in [-0.2, 0) is 7.05 Å². The number of aromatic nitrogens is 3. The molecule has 0 spiro atoms. The van der Waals surface area contributed by atoms with Gasteiger partial charge in [-0.2, -0.15) is 5.10 Å². The van der Waals surface area contributed by atoms with Crippen LogP contribution >= 0.6 is 0 Å². The quantitative estimate of drug-likeness (QED) is 0.595. The Labute approximate surface area is 129 Å². The van der Waals surface area contributed by atoms with Gasteiger partial charge in [-0.15, -0.1) is 0 Å². The van der Waals surface area contributed by atoms with E-state index in [1.165, 1.54) is 16.6 Å². The van der Waals surface area contributed by atoms with Crippen LogP contribution in [0.25, 0.3) is 10.9 Å². The van der Waals surface area contributed by atoms with Crippen molar-refractivity contribution in [3.05, 3.63) is 53.0 Å². The number of fused-ring (bicyclic) bond motifs is 1. The lowest BCUT2D eigenvalue weighted by molar-refractivity contribution is 0.916. The Bertz CT molecular complexity index is 841. The summed E-state index contributed by atoms with van der Waals surface area (Å²) in [6, 6.07) is 10.2. The van der Waals surface area contributed by atoms with Crippen LogP contribution in [-0.4, -0.2) is 20.7 Å². The van der Waals surface area contributed by atoms with E-state index in [0.717, 1.165) is 17.0 Å². The molecule has 1 aromatic carbocycles. The van der Waals surface area contributed by atoms with E-state index in [-0.39, 0.29) is 0 Å². The summed E-state index contributed by atoms with van der Waals surface area (Å²) < 4.78 is 2.17. The van der Waals surface area contributed by atoms with Crippen LogP contribution in [0.1, 0.15) is 22.6 Å². The molecular formula is C17H19N5. The molecule has 3 rings (SSSR count). The number of aryl methyl sites for hydroxylation is 3. The molecule has 3 aromatic rings. The first-order chi connectivity index (χ1) is 10.6. The molecule has 0 radical (unpaired) electrons. The summed E-state index contributed by atoms with van der Waals surface area (Å²) in [6.45, 7) is 5.98. The number of nitrogens with one attached hydrogen (secondary N) is 1. The van der Waals surface area contributed by atoms with Crippen LogP contribution in [0.3, 0.4) is 0 Å². The van der Waals surface area contributed by atoms with E-state index in [1.54, 1.807) is 0 Å². The SMILES string of the molecule is Cc1cc(C)nc(N/N=C\c2c(C)n(C)c3ccccc23)n1. The molecular weight excluding hydrogens is 274 g/mol. The van der Waals surface area contributed by atoms with E-state index >= 15 is 0 Å². The molecule has 1 N–H and O–H groups in total. The fourth-order valence-corrected chi connectivity index (χ4v) is 2.64. The summed E-state index contributed by atoms with van der Waals surface area (Å²) in [5.41, 5.74) is 8.24. The maximum atomic E-state index is 4.31. The predicted molar refractivity (Wildman–Crippen MR) is 90.4 cm³/mol. The van der Waals surface area contributed by atoms with Crippen LogP contribution in [0.4, 0.5) is 5.95 Å². The molecule has 0 aliphatic rings. The van der Waals surface area contributed by atoms with Crippen LogP contribution < -0.4 is 5.43 Å². The molecule has 5 nitrogen and oxygen atoms in total. The molecule has 22 heavy (non-hydrogen) atoms. The Morgan fingerprint density at radius 1 is 1.09 bits per heavy atom. The van der Waals surface area contributed by atoms with Gasteiger partial charge in [-0.05, 0) is 32.9 Å². The van der Waals surface area contributed by atoms with Gasteiger partial charge in [0.2, 0.25) is 5.95 Å². The summed E-state index contributed by atoms with van der Waals surface area (Å²) in [5.74, 6) is 0.520. The molecule has 0 atom stereocenters. The number of benzene rings is 1. The Morgan fingerprint density at radius 2 is 1.77 bits per heavy atom. The number of hydrogen-bond donors (Lipinski definition) is 1. The molecule has 0 saturated carbocycles. The average molecular weight is 293 g/mol. The fourth-order valence-electron chi connectivity index (χ4n) is 2.64. The molecule has 0 aliphatic heterocycles. The van der Waals surface area contributed by atoms with E-state index in [2.05, 4.69) is 51.2 Å². The first-order valence-electron chi connectivity index (χ1n) is 7.21. The summed E-state index contributed by atoms with van der Waals surface area (Å²) >= 11 is 0. The molecule has 5 heteroatoms. The van der Waals surface area contributed by atoms with Gasteiger partial charge in [-0.1, -0.05) is 18.2 Å². The Hall–Kier alpha value is -2.69. The largest absolute Gasteiger partial charge is 0.347 e. The molecule has 112 valence electrons. The number of rotatable bonds is 3. The topological polar surface area (TPSA) is 55.1 Å². The van der Waals surface area contributed by atoms with Crippen molar-refractivity contribution >= 4 is 23.1 Å². The zero-order chi connectivity index (χ0) is 15.7.